The van der Waals surface area contributed by atoms with E-state index in [2.05, 4.69) is 15.5 Å². The van der Waals surface area contributed by atoms with Gasteiger partial charge in [-0.05, 0) is 6.92 Å². The number of nitrogens with one attached hydrogen (secondary N) is 1. The lowest BCUT2D eigenvalue weighted by atomic mass is 10.2. The van der Waals surface area contributed by atoms with Crippen molar-refractivity contribution in [1.82, 2.24) is 20.1 Å². The largest absolute Gasteiger partial charge is 0.423 e. The molecule has 0 radical (unpaired) electrons. The van der Waals surface area contributed by atoms with Crippen molar-refractivity contribution in [3.05, 3.63) is 45.5 Å². The first-order valence-corrected chi connectivity index (χ1v) is 6.28. The smallest absolute Gasteiger partial charge is 0.257 e. The van der Waals surface area contributed by atoms with E-state index in [4.69, 9.17) is 4.42 Å². The minimum Gasteiger partial charge on any atom is -0.423 e. The molecule has 20 heavy (non-hydrogen) atoms. The first-order chi connectivity index (χ1) is 9.51. The van der Waals surface area contributed by atoms with Crippen LogP contribution >= 0.6 is 0 Å². The first kappa shape index (κ1) is 14.0. The molecule has 2 aromatic heterocycles. The highest BCUT2D eigenvalue weighted by molar-refractivity contribution is 5.93. The Bertz CT molecular complexity index is 687. The fourth-order valence-corrected chi connectivity index (χ4v) is 1.65. The second-order valence-electron chi connectivity index (χ2n) is 4.43. The van der Waals surface area contributed by atoms with Crippen molar-refractivity contribution in [3.8, 4) is 0 Å². The van der Waals surface area contributed by atoms with Crippen LogP contribution in [0.2, 0.25) is 0 Å². The van der Waals surface area contributed by atoms with E-state index in [0.29, 0.717) is 18.2 Å². The molecular weight excluding hydrogens is 260 g/mol. The summed E-state index contributed by atoms with van der Waals surface area (Å²) in [6, 6.07) is 1.43. The monoisotopic (exact) mass is 276 g/mol. The van der Waals surface area contributed by atoms with Crippen LogP contribution in [0.1, 0.15) is 34.8 Å². The molecule has 0 aliphatic carbocycles. The number of rotatable bonds is 4. The van der Waals surface area contributed by atoms with E-state index in [1.807, 2.05) is 6.92 Å². The maximum absolute atomic E-state index is 12.0. The van der Waals surface area contributed by atoms with Crippen LogP contribution in [0.3, 0.4) is 0 Å². The summed E-state index contributed by atoms with van der Waals surface area (Å²) in [5.41, 5.74) is 0.572. The van der Waals surface area contributed by atoms with Gasteiger partial charge in [-0.25, -0.2) is 0 Å². The number of aromatic nitrogens is 3. The number of aryl methyl sites for hydroxylation is 3. The number of hydrogen-bond acceptors (Lipinski definition) is 5. The summed E-state index contributed by atoms with van der Waals surface area (Å²) in [7, 11) is 1.77. The summed E-state index contributed by atoms with van der Waals surface area (Å²) >= 11 is 0. The van der Waals surface area contributed by atoms with Gasteiger partial charge in [0.2, 0.25) is 11.8 Å². The van der Waals surface area contributed by atoms with Gasteiger partial charge in [0.1, 0.15) is 5.56 Å². The Hall–Kier alpha value is -2.44. The fraction of sp³-hybridized carbons (Fsp3) is 0.385. The van der Waals surface area contributed by atoms with Gasteiger partial charge in [-0.2, -0.15) is 0 Å². The van der Waals surface area contributed by atoms with Gasteiger partial charge in [-0.15, -0.1) is 10.2 Å². The molecule has 0 unspecified atom stereocenters. The van der Waals surface area contributed by atoms with Crippen molar-refractivity contribution in [2.24, 2.45) is 7.05 Å². The van der Waals surface area contributed by atoms with Crippen molar-refractivity contribution in [2.45, 2.75) is 26.8 Å². The molecule has 7 nitrogen and oxygen atoms in total. The molecule has 2 rings (SSSR count). The average Bonchev–Trinajstić information content (AvgIpc) is 2.88. The summed E-state index contributed by atoms with van der Waals surface area (Å²) in [6.07, 6.45) is 2.15. The van der Waals surface area contributed by atoms with E-state index in [0.717, 1.165) is 5.69 Å². The van der Waals surface area contributed by atoms with Crippen LogP contribution in [-0.2, 0) is 20.0 Å². The maximum Gasteiger partial charge on any atom is 0.257 e. The van der Waals surface area contributed by atoms with Gasteiger partial charge in [0.15, 0.2) is 5.43 Å². The van der Waals surface area contributed by atoms with E-state index < -0.39 is 5.91 Å². The van der Waals surface area contributed by atoms with Crippen LogP contribution in [0, 0.1) is 6.92 Å². The Kier molecular flexibility index (Phi) is 3.97. The molecule has 1 N–H and O–H groups in total. The Balaban J connectivity index is 2.09. The second kappa shape index (κ2) is 5.68. The predicted octanol–water partition coefficient (Wildman–Crippen LogP) is 0.569. The molecular formula is C13H16N4O3. The van der Waals surface area contributed by atoms with Crippen molar-refractivity contribution >= 4 is 5.91 Å². The van der Waals surface area contributed by atoms with Crippen LogP contribution < -0.4 is 10.7 Å². The zero-order chi connectivity index (χ0) is 14.7. The minimum absolute atomic E-state index is 0.0910. The van der Waals surface area contributed by atoms with Gasteiger partial charge < -0.3 is 14.3 Å². The Morgan fingerprint density at radius 3 is 2.75 bits per heavy atom. The van der Waals surface area contributed by atoms with Crippen LogP contribution in [0.5, 0.6) is 0 Å². The summed E-state index contributed by atoms with van der Waals surface area (Å²) in [6.45, 7) is 3.79. The van der Waals surface area contributed by atoms with Gasteiger partial charge in [-0.3, -0.25) is 9.59 Å². The van der Waals surface area contributed by atoms with E-state index in [-0.39, 0.29) is 17.5 Å². The van der Waals surface area contributed by atoms with Gasteiger partial charge >= 0.3 is 0 Å². The number of nitrogens with zero attached hydrogens (tertiary/aromatic N) is 3. The van der Waals surface area contributed by atoms with Crippen LogP contribution in [0.25, 0.3) is 0 Å². The summed E-state index contributed by atoms with van der Waals surface area (Å²) in [4.78, 5) is 23.7. The molecule has 0 aromatic carbocycles. The van der Waals surface area contributed by atoms with Crippen LogP contribution in [0.4, 0.5) is 0 Å². The number of hydrogen-bond donors (Lipinski definition) is 1. The molecule has 2 heterocycles. The van der Waals surface area contributed by atoms with E-state index >= 15 is 0 Å². The fourth-order valence-electron chi connectivity index (χ4n) is 1.65. The number of carbonyl (C=O) groups excluding carboxylic acids is 1. The zero-order valence-electron chi connectivity index (χ0n) is 11.6. The summed E-state index contributed by atoms with van der Waals surface area (Å²) in [5, 5.41) is 10.2. The molecule has 0 aliphatic heterocycles. The molecule has 0 bridgehead atoms. The summed E-state index contributed by atoms with van der Waals surface area (Å²) in [5.74, 6) is 0.376. The molecule has 2 aromatic rings. The molecule has 0 atom stereocenters. The lowest BCUT2D eigenvalue weighted by Crippen LogP contribution is -2.29. The van der Waals surface area contributed by atoms with E-state index in [1.54, 1.807) is 18.5 Å². The van der Waals surface area contributed by atoms with Gasteiger partial charge in [0.25, 0.3) is 5.91 Å². The lowest BCUT2D eigenvalue weighted by Gasteiger charge is -2.07. The SMILES string of the molecule is CCc1nnc(CNC(=O)c2cn(C)c(C)cc2=O)o1. The van der Waals surface area contributed by atoms with E-state index in [1.165, 1.54) is 12.3 Å². The number of amides is 1. The third-order valence-electron chi connectivity index (χ3n) is 2.94. The van der Waals surface area contributed by atoms with Crippen LogP contribution in [0.15, 0.2) is 21.5 Å². The maximum atomic E-state index is 12.0. The number of carbonyl (C=O) groups is 1. The Morgan fingerprint density at radius 1 is 1.40 bits per heavy atom. The molecule has 0 aliphatic rings. The molecule has 0 spiro atoms. The molecule has 0 saturated heterocycles. The standard InChI is InChI=1S/C13H16N4O3/c1-4-11-15-16-12(20-11)6-14-13(19)9-7-17(3)8(2)5-10(9)18/h5,7H,4,6H2,1-3H3,(H,14,19). The lowest BCUT2D eigenvalue weighted by molar-refractivity contribution is 0.0945. The zero-order valence-corrected chi connectivity index (χ0v) is 11.6. The van der Waals surface area contributed by atoms with Gasteiger partial charge in [0, 0.05) is 31.4 Å². The molecule has 7 heteroatoms. The Morgan fingerprint density at radius 2 is 2.10 bits per heavy atom. The third kappa shape index (κ3) is 2.93. The average molecular weight is 276 g/mol. The first-order valence-electron chi connectivity index (χ1n) is 6.28. The number of pyridine rings is 1. The van der Waals surface area contributed by atoms with Crippen molar-refractivity contribution in [1.29, 1.82) is 0 Å². The second-order valence-corrected chi connectivity index (χ2v) is 4.43. The highest BCUT2D eigenvalue weighted by atomic mass is 16.4. The molecule has 0 fully saturated rings. The van der Waals surface area contributed by atoms with Crippen LogP contribution in [-0.4, -0.2) is 20.7 Å². The van der Waals surface area contributed by atoms with Crippen molar-refractivity contribution in [3.63, 3.8) is 0 Å². The normalized spacial score (nSPS) is 10.6. The van der Waals surface area contributed by atoms with Crippen molar-refractivity contribution in [2.75, 3.05) is 0 Å². The molecule has 0 saturated carbocycles. The molecule has 106 valence electrons. The highest BCUT2D eigenvalue weighted by Crippen LogP contribution is 2.01. The minimum atomic E-state index is -0.457. The quantitative estimate of drug-likeness (QED) is 0.881. The molecule has 1 amide bonds. The van der Waals surface area contributed by atoms with Crippen molar-refractivity contribution < 1.29 is 9.21 Å². The third-order valence-corrected chi connectivity index (χ3v) is 2.94. The van der Waals surface area contributed by atoms with Gasteiger partial charge in [-0.1, -0.05) is 6.92 Å². The topological polar surface area (TPSA) is 90.0 Å². The highest BCUT2D eigenvalue weighted by Gasteiger charge is 2.13. The van der Waals surface area contributed by atoms with Gasteiger partial charge in [0.05, 0.1) is 6.54 Å². The van der Waals surface area contributed by atoms with E-state index in [9.17, 15) is 9.59 Å². The summed E-state index contributed by atoms with van der Waals surface area (Å²) < 4.78 is 6.99. The predicted molar refractivity (Wildman–Crippen MR) is 71.3 cm³/mol. The Labute approximate surface area is 115 Å².